The number of hydrogen-bond acceptors (Lipinski definition) is 5. The van der Waals surface area contributed by atoms with Crippen LogP contribution in [0.25, 0.3) is 21.0 Å². The summed E-state index contributed by atoms with van der Waals surface area (Å²) in [5.74, 6) is 6.30. The van der Waals surface area contributed by atoms with E-state index in [1.165, 1.54) is 4.70 Å². The fourth-order valence-electron chi connectivity index (χ4n) is 2.88. The molecule has 5 heteroatoms. The van der Waals surface area contributed by atoms with Gasteiger partial charge in [0.1, 0.15) is 0 Å². The van der Waals surface area contributed by atoms with Gasteiger partial charge >= 0.3 is 5.97 Å². The van der Waals surface area contributed by atoms with Crippen molar-refractivity contribution < 1.29 is 9.53 Å². The number of ether oxygens (including phenoxy) is 1. The summed E-state index contributed by atoms with van der Waals surface area (Å²) in [5, 5.41) is 2.21. The lowest BCUT2D eigenvalue weighted by Crippen LogP contribution is -2.08. The molecule has 0 bridgehead atoms. The number of carbonyl (C=O) groups excluding carboxylic acids is 1. The van der Waals surface area contributed by atoms with Crippen molar-refractivity contribution in [1.82, 2.24) is 4.98 Å². The van der Waals surface area contributed by atoms with Crippen LogP contribution in [0.15, 0.2) is 71.1 Å². The van der Waals surface area contributed by atoms with E-state index >= 15 is 0 Å². The molecule has 3 aromatic carbocycles. The number of thioether (sulfide) groups is 1. The molecule has 0 atom stereocenters. The van der Waals surface area contributed by atoms with Gasteiger partial charge in [0.05, 0.1) is 22.4 Å². The van der Waals surface area contributed by atoms with Gasteiger partial charge in [0.25, 0.3) is 0 Å². The van der Waals surface area contributed by atoms with Crippen molar-refractivity contribution >= 4 is 50.1 Å². The van der Waals surface area contributed by atoms with Crippen LogP contribution in [0, 0.1) is 11.8 Å². The van der Waals surface area contributed by atoms with E-state index in [0.29, 0.717) is 5.75 Å². The number of hydrogen-bond donors (Lipinski definition) is 0. The zero-order chi connectivity index (χ0) is 19.2. The Morgan fingerprint density at radius 1 is 1.00 bits per heavy atom. The summed E-state index contributed by atoms with van der Waals surface area (Å²) < 4.78 is 7.44. The van der Waals surface area contributed by atoms with E-state index in [0.717, 1.165) is 26.2 Å². The molecule has 0 aliphatic heterocycles. The molecule has 0 saturated heterocycles. The summed E-state index contributed by atoms with van der Waals surface area (Å²) in [6, 6.07) is 22.1. The third kappa shape index (κ3) is 4.53. The van der Waals surface area contributed by atoms with Crippen LogP contribution in [0.2, 0.25) is 0 Å². The van der Waals surface area contributed by atoms with E-state index in [1.54, 1.807) is 23.1 Å². The van der Waals surface area contributed by atoms with E-state index in [-0.39, 0.29) is 19.0 Å². The Morgan fingerprint density at radius 3 is 2.75 bits per heavy atom. The van der Waals surface area contributed by atoms with Gasteiger partial charge in [-0.2, -0.15) is 0 Å². The molecule has 0 unspecified atom stereocenters. The minimum atomic E-state index is -0.260. The van der Waals surface area contributed by atoms with Crippen LogP contribution in [-0.2, 0) is 16.0 Å². The summed E-state index contributed by atoms with van der Waals surface area (Å²) in [7, 11) is 0. The Balaban J connectivity index is 1.25. The maximum absolute atomic E-state index is 12.1. The van der Waals surface area contributed by atoms with Gasteiger partial charge in [-0.3, -0.25) is 4.79 Å². The molecule has 138 valence electrons. The van der Waals surface area contributed by atoms with Crippen LogP contribution in [-0.4, -0.2) is 23.3 Å². The van der Waals surface area contributed by atoms with Gasteiger partial charge < -0.3 is 4.74 Å². The normalized spacial score (nSPS) is 10.6. The van der Waals surface area contributed by atoms with Crippen LogP contribution in [0.5, 0.6) is 0 Å². The standard InChI is InChI=1S/C23H17NO2S2/c25-22(16-18-10-7-9-17-8-1-2-11-19(17)18)26-14-5-6-15-27-23-24-20-12-3-4-13-21(20)28-23/h1-4,7-13H,14-16H2. The van der Waals surface area contributed by atoms with Gasteiger partial charge in [0.15, 0.2) is 10.9 Å². The molecule has 0 aliphatic rings. The van der Waals surface area contributed by atoms with Crippen LogP contribution in [0.3, 0.4) is 0 Å². The maximum atomic E-state index is 12.1. The van der Waals surface area contributed by atoms with E-state index in [2.05, 4.69) is 22.9 Å². The number of fused-ring (bicyclic) bond motifs is 2. The number of nitrogens with zero attached hydrogens (tertiary/aromatic N) is 1. The molecule has 4 rings (SSSR count). The van der Waals surface area contributed by atoms with Crippen LogP contribution < -0.4 is 0 Å². The highest BCUT2D eigenvalue weighted by Crippen LogP contribution is 2.28. The van der Waals surface area contributed by atoms with E-state index in [1.807, 2.05) is 60.7 Å². The summed E-state index contributed by atoms with van der Waals surface area (Å²) in [5.41, 5.74) is 1.99. The Morgan fingerprint density at radius 2 is 1.82 bits per heavy atom. The number of para-hydroxylation sites is 1. The van der Waals surface area contributed by atoms with Crippen molar-refractivity contribution in [2.45, 2.75) is 10.8 Å². The smallest absolute Gasteiger partial charge is 0.311 e. The molecular formula is C23H17NO2S2. The fourth-order valence-corrected chi connectivity index (χ4v) is 4.72. The van der Waals surface area contributed by atoms with Gasteiger partial charge in [-0.05, 0) is 28.5 Å². The molecular weight excluding hydrogens is 386 g/mol. The Hall–Kier alpha value is -2.81. The second-order valence-electron chi connectivity index (χ2n) is 6.07. The summed E-state index contributed by atoms with van der Waals surface area (Å²) in [6.07, 6.45) is 0.253. The topological polar surface area (TPSA) is 39.2 Å². The summed E-state index contributed by atoms with van der Waals surface area (Å²) in [4.78, 5) is 16.7. The molecule has 0 fully saturated rings. The first-order valence-electron chi connectivity index (χ1n) is 8.86. The SMILES string of the molecule is O=C(Cc1cccc2ccccc12)OCC#CCSc1nc2ccccc2s1. The fraction of sp³-hybridized carbons (Fsp3) is 0.130. The third-order valence-corrected chi connectivity index (χ3v) is 6.25. The number of aromatic nitrogens is 1. The van der Waals surface area contributed by atoms with E-state index in [9.17, 15) is 4.79 Å². The molecule has 1 heterocycles. The lowest BCUT2D eigenvalue weighted by molar-refractivity contribution is -0.141. The number of esters is 1. The molecule has 0 N–H and O–H groups in total. The van der Waals surface area contributed by atoms with Gasteiger partial charge in [0, 0.05) is 0 Å². The number of thiazole rings is 1. The summed E-state index contributed by atoms with van der Waals surface area (Å²) >= 11 is 3.27. The summed E-state index contributed by atoms with van der Waals surface area (Å²) in [6.45, 7) is 0.115. The molecule has 4 aromatic rings. The molecule has 0 spiro atoms. The van der Waals surface area contributed by atoms with Crippen LogP contribution in [0.1, 0.15) is 5.56 Å². The highest BCUT2D eigenvalue weighted by atomic mass is 32.2. The number of carbonyl (C=O) groups is 1. The van der Waals surface area contributed by atoms with Gasteiger partial charge in [-0.1, -0.05) is 78.2 Å². The highest BCUT2D eigenvalue weighted by Gasteiger charge is 2.07. The first kappa shape index (κ1) is 18.5. The minimum absolute atomic E-state index is 0.115. The lowest BCUT2D eigenvalue weighted by Gasteiger charge is -2.05. The van der Waals surface area contributed by atoms with Crippen LogP contribution >= 0.6 is 23.1 Å². The predicted molar refractivity (Wildman–Crippen MR) is 117 cm³/mol. The Labute approximate surface area is 171 Å². The monoisotopic (exact) mass is 403 g/mol. The van der Waals surface area contributed by atoms with Crippen molar-refractivity contribution in [3.8, 4) is 11.8 Å². The van der Waals surface area contributed by atoms with E-state index < -0.39 is 0 Å². The second-order valence-corrected chi connectivity index (χ2v) is 8.32. The van der Waals surface area contributed by atoms with Crippen molar-refractivity contribution in [1.29, 1.82) is 0 Å². The third-order valence-electron chi connectivity index (χ3n) is 4.19. The molecule has 0 aliphatic carbocycles. The molecule has 0 saturated carbocycles. The quantitative estimate of drug-likeness (QED) is 0.256. The van der Waals surface area contributed by atoms with Crippen molar-refractivity contribution in [2.24, 2.45) is 0 Å². The number of rotatable bonds is 5. The second kappa shape index (κ2) is 8.92. The Bertz CT molecular complexity index is 1150. The average Bonchev–Trinajstić information content (AvgIpc) is 3.14. The molecule has 1 aromatic heterocycles. The van der Waals surface area contributed by atoms with Crippen LogP contribution in [0.4, 0.5) is 0 Å². The highest BCUT2D eigenvalue weighted by molar-refractivity contribution is 8.01. The van der Waals surface area contributed by atoms with Gasteiger partial charge in [-0.15, -0.1) is 11.3 Å². The number of benzene rings is 3. The zero-order valence-corrected chi connectivity index (χ0v) is 16.7. The maximum Gasteiger partial charge on any atom is 0.311 e. The minimum Gasteiger partial charge on any atom is -0.452 e. The first-order chi connectivity index (χ1) is 13.8. The lowest BCUT2D eigenvalue weighted by atomic mass is 10.0. The van der Waals surface area contributed by atoms with Gasteiger partial charge in [-0.25, -0.2) is 4.98 Å². The first-order valence-corrected chi connectivity index (χ1v) is 10.7. The average molecular weight is 404 g/mol. The molecule has 3 nitrogen and oxygen atoms in total. The van der Waals surface area contributed by atoms with Crippen molar-refractivity contribution in [2.75, 3.05) is 12.4 Å². The molecule has 0 amide bonds. The van der Waals surface area contributed by atoms with Crippen molar-refractivity contribution in [3.05, 3.63) is 72.3 Å². The van der Waals surface area contributed by atoms with E-state index in [4.69, 9.17) is 4.74 Å². The predicted octanol–water partition coefficient (Wildman–Crippen LogP) is 5.33. The zero-order valence-electron chi connectivity index (χ0n) is 15.1. The molecule has 28 heavy (non-hydrogen) atoms. The largest absolute Gasteiger partial charge is 0.452 e. The molecule has 0 radical (unpaired) electrons. The van der Waals surface area contributed by atoms with Crippen molar-refractivity contribution in [3.63, 3.8) is 0 Å². The Kier molecular flexibility index (Phi) is 5.91. The van der Waals surface area contributed by atoms with Gasteiger partial charge in [0.2, 0.25) is 0 Å².